The maximum Gasteiger partial charge on any atom is 0.158 e. The molecule has 18 heavy (non-hydrogen) atoms. The normalized spacial score (nSPS) is 31.2. The number of ether oxygens (including phenoxy) is 2. The fourth-order valence-corrected chi connectivity index (χ4v) is 2.53. The molecule has 0 spiro atoms. The molecule has 0 radical (unpaired) electrons. The van der Waals surface area contributed by atoms with Crippen LogP contribution in [0.15, 0.2) is 36.4 Å². The van der Waals surface area contributed by atoms with Crippen LogP contribution < -0.4 is 0 Å². The maximum absolute atomic E-state index is 13.0. The highest BCUT2D eigenvalue weighted by molar-refractivity contribution is 5.91. The van der Waals surface area contributed by atoms with Gasteiger partial charge in [0.05, 0.1) is 13.2 Å². The second-order valence-corrected chi connectivity index (χ2v) is 4.51. The number of fused-ring (bicyclic) bond motifs is 1. The van der Waals surface area contributed by atoms with Gasteiger partial charge in [-0.15, -0.1) is 0 Å². The fraction of sp³-hybridized carbons (Fsp3) is 0.357. The monoisotopic (exact) mass is 248 g/mol. The highest BCUT2D eigenvalue weighted by Gasteiger charge is 2.45. The van der Waals surface area contributed by atoms with E-state index in [-0.39, 0.29) is 17.7 Å². The van der Waals surface area contributed by atoms with Gasteiger partial charge in [-0.05, 0) is 29.8 Å². The van der Waals surface area contributed by atoms with Crippen molar-refractivity contribution in [1.82, 2.24) is 0 Å². The van der Waals surface area contributed by atoms with Gasteiger partial charge in [0.2, 0.25) is 0 Å². The molecule has 0 bridgehead atoms. The minimum Gasteiger partial charge on any atom is -0.372 e. The summed E-state index contributed by atoms with van der Waals surface area (Å²) in [6.07, 6.45) is 3.23. The number of rotatable bonds is 1. The Morgan fingerprint density at radius 1 is 1.22 bits per heavy atom. The van der Waals surface area contributed by atoms with E-state index in [4.69, 9.17) is 9.47 Å². The Balaban J connectivity index is 2.06. The first kappa shape index (κ1) is 11.6. The van der Waals surface area contributed by atoms with Crippen LogP contribution in [0.25, 0.3) is 0 Å². The zero-order chi connectivity index (χ0) is 12.6. The molecule has 3 nitrogen and oxygen atoms in total. The standard InChI is InChI=1S/C14H13FO3/c15-11-3-1-10(2-4-11)14-6-5-12(16)9-13(14)17-7-8-18-14/h1-6,13H,7-9H2/t13-,14-/m0/s1. The molecule has 1 fully saturated rings. The highest BCUT2D eigenvalue weighted by atomic mass is 19.1. The third-order valence-corrected chi connectivity index (χ3v) is 3.42. The van der Waals surface area contributed by atoms with Crippen LogP contribution in [0.5, 0.6) is 0 Å². The third-order valence-electron chi connectivity index (χ3n) is 3.42. The summed E-state index contributed by atoms with van der Waals surface area (Å²) in [5.41, 5.74) is 0.0669. The van der Waals surface area contributed by atoms with Crippen LogP contribution in [0.2, 0.25) is 0 Å². The first-order chi connectivity index (χ1) is 8.71. The van der Waals surface area contributed by atoms with E-state index in [1.807, 2.05) is 0 Å². The smallest absolute Gasteiger partial charge is 0.158 e. The van der Waals surface area contributed by atoms with E-state index in [1.54, 1.807) is 18.2 Å². The van der Waals surface area contributed by atoms with Crippen molar-refractivity contribution in [2.45, 2.75) is 18.1 Å². The summed E-state index contributed by atoms with van der Waals surface area (Å²) < 4.78 is 24.5. The summed E-state index contributed by atoms with van der Waals surface area (Å²) in [7, 11) is 0. The second kappa shape index (κ2) is 4.30. The molecule has 1 saturated heterocycles. The van der Waals surface area contributed by atoms with Gasteiger partial charge in [0.1, 0.15) is 17.5 Å². The number of carbonyl (C=O) groups excluding carboxylic acids is 1. The molecule has 0 amide bonds. The summed E-state index contributed by atoms with van der Waals surface area (Å²) >= 11 is 0. The number of ketones is 1. The molecule has 2 atom stereocenters. The van der Waals surface area contributed by atoms with Crippen molar-refractivity contribution in [2.24, 2.45) is 0 Å². The molecule has 2 aliphatic rings. The number of hydrogen-bond donors (Lipinski definition) is 0. The highest BCUT2D eigenvalue weighted by Crippen LogP contribution is 2.39. The molecule has 1 aromatic carbocycles. The summed E-state index contributed by atoms with van der Waals surface area (Å²) in [6, 6.07) is 6.14. The topological polar surface area (TPSA) is 35.5 Å². The van der Waals surface area contributed by atoms with Gasteiger partial charge in [-0.3, -0.25) is 4.79 Å². The lowest BCUT2D eigenvalue weighted by atomic mass is 9.80. The molecule has 94 valence electrons. The number of allylic oxidation sites excluding steroid dienone is 1. The van der Waals surface area contributed by atoms with Gasteiger partial charge in [0.25, 0.3) is 0 Å². The van der Waals surface area contributed by atoms with Crippen LogP contribution >= 0.6 is 0 Å². The Labute approximate surface area is 104 Å². The zero-order valence-electron chi connectivity index (χ0n) is 9.77. The van der Waals surface area contributed by atoms with Crippen LogP contribution in [0.4, 0.5) is 4.39 Å². The van der Waals surface area contributed by atoms with Crippen LogP contribution in [0.1, 0.15) is 12.0 Å². The molecule has 1 aliphatic carbocycles. The Morgan fingerprint density at radius 3 is 2.78 bits per heavy atom. The molecule has 1 heterocycles. The lowest BCUT2D eigenvalue weighted by Gasteiger charge is -2.43. The Bertz CT molecular complexity index is 494. The number of hydrogen-bond acceptors (Lipinski definition) is 3. The number of benzene rings is 1. The number of halogens is 1. The lowest BCUT2D eigenvalue weighted by Crippen LogP contribution is -2.50. The summed E-state index contributed by atoms with van der Waals surface area (Å²) in [5, 5.41) is 0. The van der Waals surface area contributed by atoms with E-state index >= 15 is 0 Å². The second-order valence-electron chi connectivity index (χ2n) is 4.51. The Morgan fingerprint density at radius 2 is 2.00 bits per heavy atom. The molecular formula is C14H13FO3. The van der Waals surface area contributed by atoms with Gasteiger partial charge in [-0.1, -0.05) is 12.1 Å². The summed E-state index contributed by atoms with van der Waals surface area (Å²) in [5.74, 6) is -0.262. The minimum atomic E-state index is -0.750. The fourth-order valence-electron chi connectivity index (χ4n) is 2.53. The third kappa shape index (κ3) is 1.78. The van der Waals surface area contributed by atoms with E-state index in [0.717, 1.165) is 5.56 Å². The Kier molecular flexibility index (Phi) is 2.76. The molecule has 3 rings (SSSR count). The van der Waals surface area contributed by atoms with Crippen LogP contribution in [0, 0.1) is 5.82 Å². The van der Waals surface area contributed by atoms with Crippen molar-refractivity contribution in [3.8, 4) is 0 Å². The molecule has 0 N–H and O–H groups in total. The van der Waals surface area contributed by atoms with Gasteiger partial charge < -0.3 is 9.47 Å². The maximum atomic E-state index is 13.0. The van der Waals surface area contributed by atoms with E-state index in [0.29, 0.717) is 19.6 Å². The van der Waals surface area contributed by atoms with Crippen LogP contribution in [-0.2, 0) is 19.9 Å². The average Bonchev–Trinajstić information content (AvgIpc) is 2.39. The summed E-state index contributed by atoms with van der Waals surface area (Å²) in [6.45, 7) is 0.946. The van der Waals surface area contributed by atoms with Gasteiger partial charge in [-0.2, -0.15) is 0 Å². The zero-order valence-corrected chi connectivity index (χ0v) is 9.77. The Hall–Kier alpha value is -1.52. The minimum absolute atomic E-state index is 0.0308. The predicted octanol–water partition coefficient (Wildman–Crippen LogP) is 1.97. The molecular weight excluding hydrogens is 235 g/mol. The predicted molar refractivity (Wildman–Crippen MR) is 62.5 cm³/mol. The van der Waals surface area contributed by atoms with Crippen molar-refractivity contribution >= 4 is 5.78 Å². The van der Waals surface area contributed by atoms with Gasteiger partial charge in [0, 0.05) is 6.42 Å². The molecule has 0 aromatic heterocycles. The van der Waals surface area contributed by atoms with Crippen molar-refractivity contribution in [1.29, 1.82) is 0 Å². The van der Waals surface area contributed by atoms with Crippen molar-refractivity contribution < 1.29 is 18.7 Å². The van der Waals surface area contributed by atoms with Crippen LogP contribution in [0.3, 0.4) is 0 Å². The molecule has 1 aromatic rings. The van der Waals surface area contributed by atoms with Gasteiger partial charge in [-0.25, -0.2) is 4.39 Å². The number of carbonyl (C=O) groups is 1. The molecule has 0 unspecified atom stereocenters. The van der Waals surface area contributed by atoms with E-state index in [1.165, 1.54) is 18.2 Å². The first-order valence-electron chi connectivity index (χ1n) is 5.94. The van der Waals surface area contributed by atoms with Gasteiger partial charge in [0.15, 0.2) is 5.78 Å². The molecule has 0 saturated carbocycles. The quantitative estimate of drug-likeness (QED) is 0.762. The molecule has 1 aliphatic heterocycles. The average molecular weight is 248 g/mol. The van der Waals surface area contributed by atoms with E-state index in [2.05, 4.69) is 0 Å². The largest absolute Gasteiger partial charge is 0.372 e. The molecule has 4 heteroatoms. The van der Waals surface area contributed by atoms with Crippen LogP contribution in [-0.4, -0.2) is 25.1 Å². The first-order valence-corrected chi connectivity index (χ1v) is 5.94. The van der Waals surface area contributed by atoms with E-state index < -0.39 is 5.60 Å². The SMILES string of the molecule is O=C1C=C[C@@]2(c3ccc(F)cc3)OCCO[C@H]2C1. The van der Waals surface area contributed by atoms with E-state index in [9.17, 15) is 9.18 Å². The lowest BCUT2D eigenvalue weighted by molar-refractivity contribution is -0.190. The van der Waals surface area contributed by atoms with Gasteiger partial charge >= 0.3 is 0 Å². The summed E-state index contributed by atoms with van der Waals surface area (Å²) in [4.78, 5) is 11.5. The van der Waals surface area contributed by atoms with Crippen molar-refractivity contribution in [3.63, 3.8) is 0 Å². The van der Waals surface area contributed by atoms with Crippen molar-refractivity contribution in [2.75, 3.05) is 13.2 Å². The van der Waals surface area contributed by atoms with Crippen molar-refractivity contribution in [3.05, 3.63) is 47.8 Å².